The van der Waals surface area contributed by atoms with E-state index in [0.29, 0.717) is 23.7 Å². The first-order valence-corrected chi connectivity index (χ1v) is 16.1. The van der Waals surface area contributed by atoms with Crippen LogP contribution in [-0.2, 0) is 18.3 Å². The lowest BCUT2D eigenvalue weighted by Gasteiger charge is -2.32. The summed E-state index contributed by atoms with van der Waals surface area (Å²) in [6.45, 7) is 9.05. The molecule has 0 atom stereocenters. The average molecular weight is 569 g/mol. The lowest BCUT2D eigenvalue weighted by Crippen LogP contribution is -2.38. The Kier molecular flexibility index (Phi) is 10.3. The molecule has 3 heterocycles. The molecule has 2 aliphatic rings. The number of likely N-dealkylation sites (tertiary alicyclic amines) is 2. The summed E-state index contributed by atoms with van der Waals surface area (Å²) in [6, 6.07) is 14.8. The van der Waals surface area contributed by atoms with Crippen molar-refractivity contribution in [2.75, 3.05) is 32.7 Å². The third kappa shape index (κ3) is 7.57. The molecule has 1 aromatic heterocycles. The summed E-state index contributed by atoms with van der Waals surface area (Å²) in [5, 5.41) is 4.28. The van der Waals surface area contributed by atoms with E-state index in [0.717, 1.165) is 68.6 Å². The van der Waals surface area contributed by atoms with Gasteiger partial charge in [-0.05, 0) is 99.0 Å². The van der Waals surface area contributed by atoms with E-state index in [-0.39, 0.29) is 11.8 Å². The van der Waals surface area contributed by atoms with Crippen LogP contribution in [0.25, 0.3) is 11.1 Å². The van der Waals surface area contributed by atoms with E-state index in [4.69, 9.17) is 0 Å². The van der Waals surface area contributed by atoms with Crippen LogP contribution in [-0.4, -0.2) is 64.0 Å². The summed E-state index contributed by atoms with van der Waals surface area (Å²) in [6.07, 6.45) is 13.4. The van der Waals surface area contributed by atoms with Gasteiger partial charge in [0.05, 0.1) is 6.20 Å². The number of hydrogen-bond donors (Lipinski definition) is 0. The monoisotopic (exact) mass is 568 g/mol. The molecule has 224 valence electrons. The van der Waals surface area contributed by atoms with Crippen molar-refractivity contribution < 1.29 is 9.59 Å². The molecule has 3 aromatic rings. The minimum absolute atomic E-state index is 0.0884. The van der Waals surface area contributed by atoms with Crippen LogP contribution in [0.15, 0.2) is 54.9 Å². The van der Waals surface area contributed by atoms with Crippen molar-refractivity contribution >= 4 is 11.7 Å². The van der Waals surface area contributed by atoms with E-state index in [1.165, 1.54) is 43.4 Å². The van der Waals surface area contributed by atoms with E-state index < -0.39 is 0 Å². The Morgan fingerprint density at radius 3 is 2.29 bits per heavy atom. The van der Waals surface area contributed by atoms with Gasteiger partial charge in [0.1, 0.15) is 5.78 Å². The number of aromatic nitrogens is 2. The van der Waals surface area contributed by atoms with E-state index in [1.54, 1.807) is 0 Å². The molecule has 6 heteroatoms. The highest BCUT2D eigenvalue weighted by Crippen LogP contribution is 2.31. The first-order chi connectivity index (χ1) is 20.4. The van der Waals surface area contributed by atoms with Gasteiger partial charge >= 0.3 is 0 Å². The van der Waals surface area contributed by atoms with Crippen molar-refractivity contribution in [1.29, 1.82) is 0 Å². The van der Waals surface area contributed by atoms with Gasteiger partial charge in [0.2, 0.25) is 0 Å². The molecule has 0 aliphatic carbocycles. The number of ketones is 1. The lowest BCUT2D eigenvalue weighted by molar-refractivity contribution is -0.123. The Morgan fingerprint density at radius 1 is 0.881 bits per heavy atom. The predicted octanol–water partition coefficient (Wildman–Crippen LogP) is 6.82. The number of benzene rings is 2. The Hall–Kier alpha value is -3.25. The highest BCUT2D eigenvalue weighted by molar-refractivity contribution is 5.95. The number of carbonyl (C=O) groups is 2. The van der Waals surface area contributed by atoms with Gasteiger partial charge in [0.25, 0.3) is 5.91 Å². The van der Waals surface area contributed by atoms with Crippen molar-refractivity contribution in [2.45, 2.75) is 77.6 Å². The molecular formula is C36H48N4O2. The number of nitrogens with zero attached hydrogens (tertiary/aromatic N) is 4. The van der Waals surface area contributed by atoms with Gasteiger partial charge in [-0.3, -0.25) is 14.3 Å². The molecule has 0 saturated carbocycles. The fraction of sp³-hybridized carbons (Fsp3) is 0.528. The third-order valence-corrected chi connectivity index (χ3v) is 9.53. The van der Waals surface area contributed by atoms with Crippen molar-refractivity contribution in [2.24, 2.45) is 13.0 Å². The second-order valence-electron chi connectivity index (χ2n) is 12.6. The van der Waals surface area contributed by atoms with Crippen LogP contribution in [0.4, 0.5) is 0 Å². The SMILES string of the molecule is CCCCCCN1CCC(C(=O)Cc2cc(C(=O)N3CCC(c4ccc(-c5cnn(C)c5)cc4)CC3)ccc2C)CC1. The Balaban J connectivity index is 1.12. The normalized spacial score (nSPS) is 17.1. The molecule has 1 amide bonds. The van der Waals surface area contributed by atoms with E-state index in [2.05, 4.69) is 48.1 Å². The van der Waals surface area contributed by atoms with E-state index >= 15 is 0 Å². The molecule has 2 aromatic carbocycles. The van der Waals surface area contributed by atoms with Crippen LogP contribution in [0.5, 0.6) is 0 Å². The van der Waals surface area contributed by atoms with Gasteiger partial charge in [-0.15, -0.1) is 0 Å². The smallest absolute Gasteiger partial charge is 0.253 e. The van der Waals surface area contributed by atoms with Gasteiger partial charge in [0, 0.05) is 49.8 Å². The maximum atomic E-state index is 13.5. The number of piperidine rings is 2. The standard InChI is InChI=1S/C36H48N4O2/c1-4-5-6-7-18-39-19-14-31(15-20-39)35(41)24-33-23-32(9-8-27(33)2)36(42)40-21-16-30(17-22-40)28-10-12-29(13-11-28)34-25-37-38(3)26-34/h8-13,23,25-26,30-31H,4-7,14-22,24H2,1-3H3. The zero-order valence-electron chi connectivity index (χ0n) is 25.9. The quantitative estimate of drug-likeness (QED) is 0.238. The number of amides is 1. The maximum absolute atomic E-state index is 13.5. The lowest BCUT2D eigenvalue weighted by atomic mass is 9.87. The largest absolute Gasteiger partial charge is 0.339 e. The second-order valence-corrected chi connectivity index (χ2v) is 12.6. The minimum Gasteiger partial charge on any atom is -0.339 e. The molecule has 0 spiro atoms. The molecule has 0 radical (unpaired) electrons. The summed E-state index contributed by atoms with van der Waals surface area (Å²) in [5.41, 5.74) is 6.47. The van der Waals surface area contributed by atoms with Crippen molar-refractivity contribution in [3.05, 3.63) is 77.1 Å². The number of Topliss-reactive ketones (excluding diaryl/α,β-unsaturated/α-hetero) is 1. The molecule has 2 aliphatic heterocycles. The molecule has 2 fully saturated rings. The van der Waals surface area contributed by atoms with Gasteiger partial charge in [-0.1, -0.05) is 56.5 Å². The Morgan fingerprint density at radius 2 is 1.62 bits per heavy atom. The van der Waals surface area contributed by atoms with E-state index in [1.807, 2.05) is 47.2 Å². The van der Waals surface area contributed by atoms with Crippen LogP contribution in [0.3, 0.4) is 0 Å². The molecule has 5 rings (SSSR count). The zero-order valence-corrected chi connectivity index (χ0v) is 25.9. The average Bonchev–Trinajstić information content (AvgIpc) is 3.46. The summed E-state index contributed by atoms with van der Waals surface area (Å²) in [7, 11) is 1.93. The van der Waals surface area contributed by atoms with Crippen LogP contribution >= 0.6 is 0 Å². The fourth-order valence-corrected chi connectivity index (χ4v) is 6.68. The topological polar surface area (TPSA) is 58.4 Å². The molecule has 6 nitrogen and oxygen atoms in total. The van der Waals surface area contributed by atoms with Gasteiger partial charge < -0.3 is 9.80 Å². The Bertz CT molecular complexity index is 1330. The van der Waals surface area contributed by atoms with Crippen LogP contribution < -0.4 is 0 Å². The van der Waals surface area contributed by atoms with Crippen LogP contribution in [0.2, 0.25) is 0 Å². The summed E-state index contributed by atoms with van der Waals surface area (Å²) in [5.74, 6) is 1.04. The van der Waals surface area contributed by atoms with E-state index in [9.17, 15) is 9.59 Å². The molecule has 42 heavy (non-hydrogen) atoms. The van der Waals surface area contributed by atoms with Gasteiger partial charge in [-0.25, -0.2) is 0 Å². The van der Waals surface area contributed by atoms with Crippen molar-refractivity contribution in [3.8, 4) is 11.1 Å². The Labute approximate surface area is 252 Å². The highest BCUT2D eigenvalue weighted by Gasteiger charge is 2.27. The summed E-state index contributed by atoms with van der Waals surface area (Å²) >= 11 is 0. The molecule has 2 saturated heterocycles. The first-order valence-electron chi connectivity index (χ1n) is 16.1. The number of unbranched alkanes of at least 4 members (excludes halogenated alkanes) is 3. The minimum atomic E-state index is 0.0884. The zero-order chi connectivity index (χ0) is 29.5. The molecule has 0 bridgehead atoms. The predicted molar refractivity (Wildman–Crippen MR) is 170 cm³/mol. The summed E-state index contributed by atoms with van der Waals surface area (Å²) in [4.78, 5) is 31.3. The molecule has 0 N–H and O–H groups in total. The number of carbonyl (C=O) groups excluding carboxylic acids is 2. The van der Waals surface area contributed by atoms with Crippen LogP contribution in [0.1, 0.15) is 91.3 Å². The van der Waals surface area contributed by atoms with Crippen LogP contribution in [0, 0.1) is 12.8 Å². The number of rotatable bonds is 11. The van der Waals surface area contributed by atoms with Gasteiger partial charge in [0.15, 0.2) is 0 Å². The maximum Gasteiger partial charge on any atom is 0.253 e. The first kappa shape index (κ1) is 30.2. The third-order valence-electron chi connectivity index (χ3n) is 9.53. The van der Waals surface area contributed by atoms with Crippen molar-refractivity contribution in [1.82, 2.24) is 19.6 Å². The number of hydrogen-bond acceptors (Lipinski definition) is 4. The molecule has 0 unspecified atom stereocenters. The summed E-state index contributed by atoms with van der Waals surface area (Å²) < 4.78 is 1.82. The van der Waals surface area contributed by atoms with Gasteiger partial charge in [-0.2, -0.15) is 5.10 Å². The van der Waals surface area contributed by atoms with Crippen molar-refractivity contribution in [3.63, 3.8) is 0 Å². The fourth-order valence-electron chi connectivity index (χ4n) is 6.68. The molecular weight excluding hydrogens is 520 g/mol. The second kappa shape index (κ2) is 14.3. The highest BCUT2D eigenvalue weighted by atomic mass is 16.2. The number of aryl methyl sites for hydroxylation is 2.